The number of allylic oxidation sites excluding steroid dienone is 3. The molecule has 1 atom stereocenters. The molecule has 1 aromatic carbocycles. The monoisotopic (exact) mass is 398 g/mol. The van der Waals surface area contributed by atoms with Crippen LogP contribution in [0.5, 0.6) is 11.5 Å². The molecule has 6 nitrogen and oxygen atoms in total. The van der Waals surface area contributed by atoms with Gasteiger partial charge in [-0.25, -0.2) is 0 Å². The number of nitrogens with zero attached hydrogens (tertiary/aromatic N) is 2. The van der Waals surface area contributed by atoms with Crippen molar-refractivity contribution in [2.24, 2.45) is 0 Å². The van der Waals surface area contributed by atoms with Gasteiger partial charge in [0.05, 0.1) is 6.04 Å². The third-order valence-electron chi connectivity index (χ3n) is 4.83. The fourth-order valence-electron chi connectivity index (χ4n) is 3.30. The average Bonchev–Trinajstić information content (AvgIpc) is 3.33. The Labute approximate surface area is 167 Å². The lowest BCUT2D eigenvalue weighted by molar-refractivity contribution is 0.0526. The van der Waals surface area contributed by atoms with Gasteiger partial charge in [-0.15, -0.1) is 0 Å². The molecule has 0 radical (unpaired) electrons. The summed E-state index contributed by atoms with van der Waals surface area (Å²) >= 11 is 6.33. The van der Waals surface area contributed by atoms with E-state index in [1.54, 1.807) is 35.3 Å². The zero-order valence-electron chi connectivity index (χ0n) is 15.4. The first-order valence-corrected chi connectivity index (χ1v) is 9.32. The summed E-state index contributed by atoms with van der Waals surface area (Å²) in [5, 5.41) is 4.55. The number of carbonyl (C=O) groups excluding carboxylic acids is 1. The molecule has 28 heavy (non-hydrogen) atoms. The molecule has 0 bridgehead atoms. The number of halogens is 1. The van der Waals surface area contributed by atoms with Crippen LogP contribution in [0.2, 0.25) is 0 Å². The van der Waals surface area contributed by atoms with Gasteiger partial charge in [-0.05, 0) is 43.2 Å². The maximum Gasteiger partial charge on any atom is 0.276 e. The fraction of sp³-hybridized carbons (Fsp3) is 0.238. The third-order valence-corrected chi connectivity index (χ3v) is 5.18. The summed E-state index contributed by atoms with van der Waals surface area (Å²) in [6.45, 7) is 6.56. The van der Waals surface area contributed by atoms with Crippen molar-refractivity contribution in [1.82, 2.24) is 10.1 Å². The number of benzene rings is 1. The van der Waals surface area contributed by atoms with Crippen molar-refractivity contribution in [3.8, 4) is 22.8 Å². The number of hydrogen-bond acceptors (Lipinski definition) is 5. The van der Waals surface area contributed by atoms with E-state index in [-0.39, 0.29) is 24.4 Å². The van der Waals surface area contributed by atoms with Crippen molar-refractivity contribution in [1.29, 1.82) is 0 Å². The Morgan fingerprint density at radius 2 is 2.14 bits per heavy atom. The Kier molecular flexibility index (Phi) is 4.96. The molecular weight excluding hydrogens is 380 g/mol. The first kappa shape index (κ1) is 18.4. The number of amides is 1. The van der Waals surface area contributed by atoms with Crippen LogP contribution in [0.4, 0.5) is 0 Å². The SMILES string of the molecule is C=C/C(=C(Cl)\C=C/C)C1CCN1C(=O)c1cc(-c2ccc3c(c2)OCO3)on1. The standard InChI is InChI=1S/C21H19ClN2O4/c1-3-5-15(22)14(4-2)17-8-9-24(17)21(25)16-11-19(28-23-16)13-6-7-18-20(10-13)27-12-26-18/h3-7,10-11,17H,2,8-9,12H2,1H3/b5-3-,15-14-. The van der Waals surface area contributed by atoms with E-state index in [2.05, 4.69) is 11.7 Å². The molecule has 0 N–H and O–H groups in total. The van der Waals surface area contributed by atoms with Crippen LogP contribution in [0.3, 0.4) is 0 Å². The van der Waals surface area contributed by atoms with Crippen LogP contribution >= 0.6 is 11.6 Å². The van der Waals surface area contributed by atoms with E-state index >= 15 is 0 Å². The Balaban J connectivity index is 1.55. The molecule has 4 rings (SSSR count). The van der Waals surface area contributed by atoms with Gasteiger partial charge in [0.25, 0.3) is 5.91 Å². The molecule has 0 aliphatic carbocycles. The molecule has 3 heterocycles. The number of rotatable bonds is 5. The van der Waals surface area contributed by atoms with Gasteiger partial charge in [0.1, 0.15) is 0 Å². The van der Waals surface area contributed by atoms with E-state index in [1.165, 1.54) is 0 Å². The van der Waals surface area contributed by atoms with Crippen molar-refractivity contribution in [2.45, 2.75) is 19.4 Å². The van der Waals surface area contributed by atoms with Crippen molar-refractivity contribution in [3.63, 3.8) is 0 Å². The van der Waals surface area contributed by atoms with Gasteiger partial charge in [-0.2, -0.15) is 0 Å². The lowest BCUT2D eigenvalue weighted by Crippen LogP contribution is -2.52. The van der Waals surface area contributed by atoms with Crippen molar-refractivity contribution < 1.29 is 18.8 Å². The quantitative estimate of drug-likeness (QED) is 0.692. The minimum absolute atomic E-state index is 0.112. The summed E-state index contributed by atoms with van der Waals surface area (Å²) in [6, 6.07) is 6.97. The molecular formula is C21H19ClN2O4. The summed E-state index contributed by atoms with van der Waals surface area (Å²) in [4.78, 5) is 14.6. The summed E-state index contributed by atoms with van der Waals surface area (Å²) in [6.07, 6.45) is 6.18. The normalized spacial score (nSPS) is 18.8. The molecule has 2 aromatic rings. The van der Waals surface area contributed by atoms with Crippen molar-refractivity contribution in [3.05, 3.63) is 65.4 Å². The van der Waals surface area contributed by atoms with Gasteiger partial charge in [0.2, 0.25) is 6.79 Å². The Hall–Kier alpha value is -2.99. The average molecular weight is 399 g/mol. The van der Waals surface area contributed by atoms with Gasteiger partial charge in [0.15, 0.2) is 23.0 Å². The Morgan fingerprint density at radius 1 is 1.32 bits per heavy atom. The molecule has 2 aliphatic rings. The number of carbonyl (C=O) groups is 1. The summed E-state index contributed by atoms with van der Waals surface area (Å²) < 4.78 is 16.1. The molecule has 0 saturated carbocycles. The Morgan fingerprint density at radius 3 is 2.86 bits per heavy atom. The topological polar surface area (TPSA) is 64.8 Å². The Bertz CT molecular complexity index is 992. The van der Waals surface area contributed by atoms with Crippen LogP contribution in [-0.2, 0) is 0 Å². The molecule has 1 saturated heterocycles. The van der Waals surface area contributed by atoms with Crippen molar-refractivity contribution in [2.75, 3.05) is 13.3 Å². The highest BCUT2D eigenvalue weighted by Crippen LogP contribution is 2.36. The van der Waals surface area contributed by atoms with E-state index in [1.807, 2.05) is 19.1 Å². The van der Waals surface area contributed by atoms with Crippen LogP contribution in [0.1, 0.15) is 23.8 Å². The summed E-state index contributed by atoms with van der Waals surface area (Å²) in [7, 11) is 0. The highest BCUT2D eigenvalue weighted by molar-refractivity contribution is 6.31. The highest BCUT2D eigenvalue weighted by atomic mass is 35.5. The van der Waals surface area contributed by atoms with E-state index in [4.69, 9.17) is 25.6 Å². The molecule has 1 fully saturated rings. The first-order chi connectivity index (χ1) is 13.6. The van der Waals surface area contributed by atoms with E-state index in [0.717, 1.165) is 17.6 Å². The minimum Gasteiger partial charge on any atom is -0.454 e. The predicted molar refractivity (Wildman–Crippen MR) is 105 cm³/mol. The second kappa shape index (κ2) is 7.56. The molecule has 2 aliphatic heterocycles. The van der Waals surface area contributed by atoms with Gasteiger partial charge in [-0.3, -0.25) is 4.79 Å². The number of aromatic nitrogens is 1. The molecule has 7 heteroatoms. The summed E-state index contributed by atoms with van der Waals surface area (Å²) in [5.41, 5.74) is 1.85. The van der Waals surface area contributed by atoms with Crippen LogP contribution in [0.25, 0.3) is 11.3 Å². The van der Waals surface area contributed by atoms with Crippen LogP contribution in [-0.4, -0.2) is 35.3 Å². The van der Waals surface area contributed by atoms with Gasteiger partial charge in [-0.1, -0.05) is 35.5 Å². The lowest BCUT2D eigenvalue weighted by atomic mass is 9.93. The van der Waals surface area contributed by atoms with Gasteiger partial charge >= 0.3 is 0 Å². The molecule has 1 amide bonds. The van der Waals surface area contributed by atoms with Gasteiger partial charge < -0.3 is 18.9 Å². The van der Waals surface area contributed by atoms with Crippen LogP contribution < -0.4 is 9.47 Å². The van der Waals surface area contributed by atoms with E-state index < -0.39 is 0 Å². The molecule has 0 spiro atoms. The van der Waals surface area contributed by atoms with Crippen LogP contribution in [0.15, 0.2) is 64.2 Å². The second-order valence-corrected chi connectivity index (χ2v) is 6.86. The highest BCUT2D eigenvalue weighted by Gasteiger charge is 2.36. The zero-order chi connectivity index (χ0) is 19.7. The maximum atomic E-state index is 12.9. The molecule has 144 valence electrons. The second-order valence-electron chi connectivity index (χ2n) is 6.45. The predicted octanol–water partition coefficient (Wildman–Crippen LogP) is 4.54. The third kappa shape index (κ3) is 3.20. The number of ether oxygens (including phenoxy) is 2. The van der Waals surface area contributed by atoms with Crippen molar-refractivity contribution >= 4 is 17.5 Å². The maximum absolute atomic E-state index is 12.9. The first-order valence-electron chi connectivity index (χ1n) is 8.95. The number of hydrogen-bond donors (Lipinski definition) is 0. The fourth-order valence-corrected chi connectivity index (χ4v) is 3.63. The minimum atomic E-state index is -0.198. The lowest BCUT2D eigenvalue weighted by Gasteiger charge is -2.41. The summed E-state index contributed by atoms with van der Waals surface area (Å²) in [5.74, 6) is 1.62. The zero-order valence-corrected chi connectivity index (χ0v) is 16.1. The van der Waals surface area contributed by atoms with E-state index in [0.29, 0.717) is 28.8 Å². The van der Waals surface area contributed by atoms with E-state index in [9.17, 15) is 4.79 Å². The molecule has 1 aromatic heterocycles. The number of likely N-dealkylation sites (tertiary alicyclic amines) is 1. The van der Waals surface area contributed by atoms with Gasteiger partial charge in [0, 0.05) is 23.2 Å². The van der Waals surface area contributed by atoms with Crippen LogP contribution in [0, 0.1) is 0 Å². The largest absolute Gasteiger partial charge is 0.454 e. The molecule has 1 unspecified atom stereocenters. The smallest absolute Gasteiger partial charge is 0.276 e. The number of fused-ring (bicyclic) bond motifs is 1.